The average molecular weight is 446 g/mol. The highest BCUT2D eigenvalue weighted by Gasteiger charge is 2.49. The van der Waals surface area contributed by atoms with Gasteiger partial charge in [-0.25, -0.2) is 8.42 Å². The second-order valence-corrected chi connectivity index (χ2v) is 11.2. The summed E-state index contributed by atoms with van der Waals surface area (Å²) in [6, 6.07) is 8.39. The number of aryl methyl sites for hydroxylation is 2. The number of hydrogen-bond donors (Lipinski definition) is 1. The molecule has 1 aromatic carbocycles. The van der Waals surface area contributed by atoms with Crippen LogP contribution >= 0.6 is 0 Å². The van der Waals surface area contributed by atoms with Crippen molar-refractivity contribution in [1.29, 1.82) is 0 Å². The number of sulfonamides is 1. The maximum Gasteiger partial charge on any atom is 0.247 e. The second-order valence-electron chi connectivity index (χ2n) is 9.40. The zero-order valence-corrected chi connectivity index (χ0v) is 19.9. The summed E-state index contributed by atoms with van der Waals surface area (Å²) in [5.74, 6) is 0.933. The van der Waals surface area contributed by atoms with E-state index in [1.54, 1.807) is 11.2 Å². The van der Waals surface area contributed by atoms with Crippen LogP contribution < -0.4 is 4.74 Å². The van der Waals surface area contributed by atoms with Gasteiger partial charge in [0.25, 0.3) is 0 Å². The number of rotatable bonds is 8. The summed E-state index contributed by atoms with van der Waals surface area (Å²) in [5, 5.41) is 7.18. The molecule has 0 spiro atoms. The number of H-pyrrole nitrogens is 1. The quantitative estimate of drug-likeness (QED) is 0.624. The van der Waals surface area contributed by atoms with Crippen LogP contribution in [0.4, 0.5) is 0 Å². The van der Waals surface area contributed by atoms with Crippen molar-refractivity contribution in [3.8, 4) is 5.75 Å². The summed E-state index contributed by atoms with van der Waals surface area (Å²) in [7, 11) is -3.59. The predicted octanol–water partition coefficient (Wildman–Crippen LogP) is 4.95. The van der Waals surface area contributed by atoms with E-state index < -0.39 is 10.0 Å². The van der Waals surface area contributed by atoms with Crippen LogP contribution in [0, 0.1) is 6.92 Å². The van der Waals surface area contributed by atoms with E-state index in [9.17, 15) is 8.42 Å². The molecule has 1 N–H and O–H groups in total. The fourth-order valence-electron chi connectivity index (χ4n) is 5.14. The molecule has 4 rings (SSSR count). The first-order valence-electron chi connectivity index (χ1n) is 11.6. The van der Waals surface area contributed by atoms with Crippen LogP contribution in [0.2, 0.25) is 0 Å². The van der Waals surface area contributed by atoms with E-state index in [4.69, 9.17) is 4.74 Å². The monoisotopic (exact) mass is 445 g/mol. The van der Waals surface area contributed by atoms with E-state index in [0.29, 0.717) is 16.3 Å². The molecule has 0 unspecified atom stereocenters. The summed E-state index contributed by atoms with van der Waals surface area (Å²) in [6.07, 6.45) is 6.82. The Hall–Kier alpha value is -1.86. The van der Waals surface area contributed by atoms with Gasteiger partial charge in [0.15, 0.2) is 0 Å². The van der Waals surface area contributed by atoms with Crippen LogP contribution in [-0.2, 0) is 16.4 Å². The first-order chi connectivity index (χ1) is 14.8. The SMILES string of the molecule is CCCCc1ccc(O[C@@H]2C[C@H]3CC[C@@H](C2)N3S(=O)(=O)c2c(C(C)C)n[nH]c2C)cc1. The van der Waals surface area contributed by atoms with E-state index in [2.05, 4.69) is 41.4 Å². The molecule has 31 heavy (non-hydrogen) atoms. The van der Waals surface area contributed by atoms with Crippen LogP contribution in [0.3, 0.4) is 0 Å². The van der Waals surface area contributed by atoms with Gasteiger partial charge in [0.1, 0.15) is 16.7 Å². The Labute approximate surface area is 186 Å². The van der Waals surface area contributed by atoms with Crippen LogP contribution in [-0.4, -0.2) is 41.1 Å². The maximum absolute atomic E-state index is 13.7. The first-order valence-corrected chi connectivity index (χ1v) is 13.1. The highest BCUT2D eigenvalue weighted by atomic mass is 32.2. The van der Waals surface area contributed by atoms with E-state index in [-0.39, 0.29) is 24.1 Å². The number of fused-ring (bicyclic) bond motifs is 2. The number of hydrogen-bond acceptors (Lipinski definition) is 4. The van der Waals surface area contributed by atoms with Crippen molar-refractivity contribution in [2.75, 3.05) is 0 Å². The summed E-state index contributed by atoms with van der Waals surface area (Å²) in [4.78, 5) is 0.376. The molecule has 2 aromatic rings. The topological polar surface area (TPSA) is 75.3 Å². The first kappa shape index (κ1) is 22.3. The summed E-state index contributed by atoms with van der Waals surface area (Å²) >= 11 is 0. The van der Waals surface area contributed by atoms with E-state index in [1.165, 1.54) is 18.4 Å². The summed E-state index contributed by atoms with van der Waals surface area (Å²) < 4.78 is 35.4. The number of unbranched alkanes of at least 4 members (excludes halogenated alkanes) is 1. The van der Waals surface area contributed by atoms with Crippen LogP contribution in [0.25, 0.3) is 0 Å². The number of nitrogens with one attached hydrogen (secondary N) is 1. The molecule has 0 radical (unpaired) electrons. The minimum atomic E-state index is -3.59. The van der Waals surface area contributed by atoms with Gasteiger partial charge in [0, 0.05) is 24.9 Å². The van der Waals surface area contributed by atoms with Crippen molar-refractivity contribution in [3.63, 3.8) is 0 Å². The van der Waals surface area contributed by atoms with Gasteiger partial charge >= 0.3 is 0 Å². The smallest absolute Gasteiger partial charge is 0.247 e. The number of aromatic nitrogens is 2. The molecule has 0 saturated carbocycles. The highest BCUT2D eigenvalue weighted by Crippen LogP contribution is 2.42. The third-order valence-corrected chi connectivity index (χ3v) is 8.85. The fraction of sp³-hybridized carbons (Fsp3) is 0.625. The Bertz CT molecular complexity index is 984. The zero-order chi connectivity index (χ0) is 22.2. The summed E-state index contributed by atoms with van der Waals surface area (Å²) in [6.45, 7) is 7.97. The van der Waals surface area contributed by atoms with Crippen molar-refractivity contribution < 1.29 is 13.2 Å². The van der Waals surface area contributed by atoms with Crippen LogP contribution in [0.1, 0.15) is 82.2 Å². The van der Waals surface area contributed by atoms with Crippen molar-refractivity contribution >= 4 is 10.0 Å². The van der Waals surface area contributed by atoms with Gasteiger partial charge < -0.3 is 4.74 Å². The number of aromatic amines is 1. The van der Waals surface area contributed by atoms with Gasteiger partial charge in [0.05, 0.1) is 11.4 Å². The van der Waals surface area contributed by atoms with Crippen LogP contribution in [0.5, 0.6) is 5.75 Å². The lowest BCUT2D eigenvalue weighted by Gasteiger charge is -2.38. The van der Waals surface area contributed by atoms with Gasteiger partial charge in [-0.2, -0.15) is 9.40 Å². The molecule has 1 aromatic heterocycles. The third kappa shape index (κ3) is 4.40. The normalized spacial score (nSPS) is 24.1. The van der Waals surface area contributed by atoms with Gasteiger partial charge in [-0.05, 0) is 56.2 Å². The molecule has 6 nitrogen and oxygen atoms in total. The number of piperidine rings is 1. The lowest BCUT2D eigenvalue weighted by molar-refractivity contribution is 0.0956. The molecule has 3 heterocycles. The van der Waals surface area contributed by atoms with Crippen molar-refractivity contribution in [3.05, 3.63) is 41.2 Å². The summed E-state index contributed by atoms with van der Waals surface area (Å²) in [5.41, 5.74) is 2.61. The molecule has 2 bridgehead atoms. The standard InChI is InChI=1S/C24H35N3O3S/c1-5-6-7-18-8-12-21(13-9-18)30-22-14-19-10-11-20(15-22)27(19)31(28,29)24-17(4)25-26-23(24)16(2)3/h8-9,12-13,16,19-20,22H,5-7,10-11,14-15H2,1-4H3,(H,25,26)/t19-,20+,22-. The van der Waals surface area contributed by atoms with E-state index in [0.717, 1.165) is 37.9 Å². The van der Waals surface area contributed by atoms with Gasteiger partial charge in [-0.15, -0.1) is 0 Å². The molecule has 2 aliphatic heterocycles. The van der Waals surface area contributed by atoms with E-state index >= 15 is 0 Å². The molecule has 7 heteroatoms. The number of nitrogens with zero attached hydrogens (tertiary/aromatic N) is 2. The third-order valence-electron chi connectivity index (χ3n) is 6.67. The van der Waals surface area contributed by atoms with Crippen molar-refractivity contribution in [2.45, 2.75) is 102 Å². The number of ether oxygens (including phenoxy) is 1. The van der Waals surface area contributed by atoms with Gasteiger partial charge in [-0.1, -0.05) is 39.3 Å². The minimum Gasteiger partial charge on any atom is -0.490 e. The Morgan fingerprint density at radius 2 is 1.81 bits per heavy atom. The van der Waals surface area contributed by atoms with Gasteiger partial charge in [0.2, 0.25) is 10.0 Å². The Morgan fingerprint density at radius 3 is 2.39 bits per heavy atom. The Kier molecular flexibility index (Phi) is 6.44. The van der Waals surface area contributed by atoms with Crippen molar-refractivity contribution in [1.82, 2.24) is 14.5 Å². The molecule has 0 amide bonds. The molecular formula is C24H35N3O3S. The molecule has 170 valence electrons. The van der Waals surface area contributed by atoms with Crippen LogP contribution in [0.15, 0.2) is 29.2 Å². The second kappa shape index (κ2) is 8.94. The minimum absolute atomic E-state index is 0.00751. The Morgan fingerprint density at radius 1 is 1.16 bits per heavy atom. The van der Waals surface area contributed by atoms with E-state index in [1.807, 2.05) is 13.8 Å². The lowest BCUT2D eigenvalue weighted by Crippen LogP contribution is -2.49. The molecule has 3 atom stereocenters. The molecule has 0 aliphatic carbocycles. The predicted molar refractivity (Wildman–Crippen MR) is 122 cm³/mol. The molecule has 2 saturated heterocycles. The Balaban J connectivity index is 1.48. The lowest BCUT2D eigenvalue weighted by atomic mass is 10.0. The van der Waals surface area contributed by atoms with Gasteiger partial charge in [-0.3, -0.25) is 5.10 Å². The number of benzene rings is 1. The largest absolute Gasteiger partial charge is 0.490 e. The average Bonchev–Trinajstić information content (AvgIpc) is 3.26. The fourth-order valence-corrected chi connectivity index (χ4v) is 7.50. The highest BCUT2D eigenvalue weighted by molar-refractivity contribution is 7.89. The van der Waals surface area contributed by atoms with Crippen molar-refractivity contribution in [2.24, 2.45) is 0 Å². The molecular weight excluding hydrogens is 410 g/mol. The molecule has 2 aliphatic rings. The maximum atomic E-state index is 13.7. The zero-order valence-electron chi connectivity index (χ0n) is 19.1. The molecule has 2 fully saturated rings.